The maximum Gasteiger partial charge on any atom is 0.278 e. The SMILES string of the molecule is NCC1CCCN1C(=O)c1n[nH]c2ccccc2c1=O. The van der Waals surface area contributed by atoms with Crippen molar-refractivity contribution in [2.75, 3.05) is 13.1 Å². The Balaban J connectivity index is 2.04. The van der Waals surface area contributed by atoms with Crippen LogP contribution in [0.3, 0.4) is 0 Å². The van der Waals surface area contributed by atoms with E-state index < -0.39 is 0 Å². The number of nitrogens with zero attached hydrogens (tertiary/aromatic N) is 2. The molecule has 1 amide bonds. The van der Waals surface area contributed by atoms with Crippen molar-refractivity contribution < 1.29 is 4.79 Å². The summed E-state index contributed by atoms with van der Waals surface area (Å²) in [5.74, 6) is -0.329. The second kappa shape index (κ2) is 5.05. The summed E-state index contributed by atoms with van der Waals surface area (Å²) in [6.07, 6.45) is 1.80. The number of aromatic nitrogens is 2. The van der Waals surface area contributed by atoms with E-state index in [1.165, 1.54) is 0 Å². The number of hydrogen-bond acceptors (Lipinski definition) is 4. The lowest BCUT2D eigenvalue weighted by Gasteiger charge is -2.22. The number of fused-ring (bicyclic) bond motifs is 1. The van der Waals surface area contributed by atoms with Crippen LogP contribution in [0, 0.1) is 0 Å². The molecule has 0 saturated carbocycles. The summed E-state index contributed by atoms with van der Waals surface area (Å²) in [7, 11) is 0. The highest BCUT2D eigenvalue weighted by Crippen LogP contribution is 2.18. The van der Waals surface area contributed by atoms with Crippen LogP contribution in [-0.4, -0.2) is 40.1 Å². The molecule has 0 radical (unpaired) electrons. The number of hydrogen-bond donors (Lipinski definition) is 2. The van der Waals surface area contributed by atoms with Gasteiger partial charge in [0, 0.05) is 24.5 Å². The van der Waals surface area contributed by atoms with Crippen LogP contribution >= 0.6 is 0 Å². The molecule has 104 valence electrons. The Morgan fingerprint density at radius 1 is 1.45 bits per heavy atom. The molecule has 3 N–H and O–H groups in total. The van der Waals surface area contributed by atoms with Crippen molar-refractivity contribution in [1.82, 2.24) is 15.1 Å². The molecule has 1 unspecified atom stereocenters. The second-order valence-corrected chi connectivity index (χ2v) is 4.98. The first-order valence-electron chi connectivity index (χ1n) is 6.71. The van der Waals surface area contributed by atoms with E-state index in [4.69, 9.17) is 5.73 Å². The molecule has 1 aromatic heterocycles. The minimum Gasteiger partial charge on any atom is -0.333 e. The Kier molecular flexibility index (Phi) is 3.23. The van der Waals surface area contributed by atoms with E-state index >= 15 is 0 Å². The summed E-state index contributed by atoms with van der Waals surface area (Å²) in [5, 5.41) is 7.20. The van der Waals surface area contributed by atoms with Crippen LogP contribution in [0.4, 0.5) is 0 Å². The monoisotopic (exact) mass is 272 g/mol. The lowest BCUT2D eigenvalue weighted by Crippen LogP contribution is -2.42. The highest BCUT2D eigenvalue weighted by molar-refractivity contribution is 5.95. The zero-order valence-electron chi connectivity index (χ0n) is 11.0. The van der Waals surface area contributed by atoms with Gasteiger partial charge in [0.1, 0.15) is 0 Å². The molecule has 0 bridgehead atoms. The Labute approximate surface area is 115 Å². The first kappa shape index (κ1) is 12.8. The number of carbonyl (C=O) groups excluding carboxylic acids is 1. The Morgan fingerprint density at radius 2 is 2.25 bits per heavy atom. The van der Waals surface area contributed by atoms with E-state index in [0.717, 1.165) is 12.8 Å². The molecule has 1 atom stereocenters. The Bertz CT molecular complexity index is 710. The number of rotatable bonds is 2. The fraction of sp³-hybridized carbons (Fsp3) is 0.357. The zero-order chi connectivity index (χ0) is 14.1. The number of carbonyl (C=O) groups is 1. The van der Waals surface area contributed by atoms with Crippen LogP contribution in [0.5, 0.6) is 0 Å². The minimum atomic E-state index is -0.329. The van der Waals surface area contributed by atoms with Gasteiger partial charge >= 0.3 is 0 Å². The van der Waals surface area contributed by atoms with Crippen molar-refractivity contribution in [3.05, 3.63) is 40.2 Å². The average molecular weight is 272 g/mol. The summed E-state index contributed by atoms with van der Waals surface area (Å²) < 4.78 is 0. The smallest absolute Gasteiger partial charge is 0.278 e. The number of aromatic amines is 1. The van der Waals surface area contributed by atoms with Gasteiger partial charge in [-0.05, 0) is 25.0 Å². The van der Waals surface area contributed by atoms with Crippen LogP contribution in [0.2, 0.25) is 0 Å². The molecule has 1 fully saturated rings. The number of para-hydroxylation sites is 1. The van der Waals surface area contributed by atoms with Crippen LogP contribution in [0.15, 0.2) is 29.1 Å². The van der Waals surface area contributed by atoms with Crippen LogP contribution < -0.4 is 11.2 Å². The first-order valence-corrected chi connectivity index (χ1v) is 6.71. The van der Waals surface area contributed by atoms with Crippen molar-refractivity contribution in [2.45, 2.75) is 18.9 Å². The van der Waals surface area contributed by atoms with E-state index in [-0.39, 0.29) is 23.1 Å². The molecule has 3 rings (SSSR count). The van der Waals surface area contributed by atoms with Crippen molar-refractivity contribution in [3.8, 4) is 0 Å². The third-order valence-corrected chi connectivity index (χ3v) is 3.79. The van der Waals surface area contributed by atoms with Gasteiger partial charge < -0.3 is 10.6 Å². The number of nitrogens with one attached hydrogen (secondary N) is 1. The lowest BCUT2D eigenvalue weighted by atomic mass is 10.2. The maximum atomic E-state index is 12.5. The van der Waals surface area contributed by atoms with E-state index in [1.807, 2.05) is 6.07 Å². The molecule has 1 aliphatic rings. The summed E-state index contributed by atoms with van der Waals surface area (Å²) in [6.45, 7) is 1.05. The molecule has 1 saturated heterocycles. The van der Waals surface area contributed by atoms with Crippen LogP contribution in [-0.2, 0) is 0 Å². The largest absolute Gasteiger partial charge is 0.333 e. The third-order valence-electron chi connectivity index (χ3n) is 3.79. The van der Waals surface area contributed by atoms with Gasteiger partial charge in [-0.3, -0.25) is 14.7 Å². The van der Waals surface area contributed by atoms with Crippen LogP contribution in [0.25, 0.3) is 10.9 Å². The maximum absolute atomic E-state index is 12.5. The quantitative estimate of drug-likeness (QED) is 0.832. The molecule has 1 aliphatic heterocycles. The Hall–Kier alpha value is -2.21. The molecule has 1 aromatic carbocycles. The lowest BCUT2D eigenvalue weighted by molar-refractivity contribution is 0.0733. The predicted molar refractivity (Wildman–Crippen MR) is 75.5 cm³/mol. The van der Waals surface area contributed by atoms with Gasteiger partial charge in [-0.25, -0.2) is 0 Å². The van der Waals surface area contributed by atoms with Gasteiger partial charge in [0.15, 0.2) is 5.69 Å². The summed E-state index contributed by atoms with van der Waals surface area (Å²) in [4.78, 5) is 26.5. The molecule has 20 heavy (non-hydrogen) atoms. The Morgan fingerprint density at radius 3 is 3.05 bits per heavy atom. The number of likely N-dealkylation sites (tertiary alicyclic amines) is 1. The highest BCUT2D eigenvalue weighted by atomic mass is 16.2. The minimum absolute atomic E-state index is 0.00942. The van der Waals surface area contributed by atoms with E-state index in [9.17, 15) is 9.59 Å². The zero-order valence-corrected chi connectivity index (χ0v) is 11.0. The first-order chi connectivity index (χ1) is 9.72. The fourth-order valence-corrected chi connectivity index (χ4v) is 2.70. The van der Waals surface area contributed by atoms with Gasteiger partial charge in [0.05, 0.1) is 5.52 Å². The second-order valence-electron chi connectivity index (χ2n) is 4.98. The van der Waals surface area contributed by atoms with Gasteiger partial charge in [-0.2, -0.15) is 5.10 Å². The van der Waals surface area contributed by atoms with Gasteiger partial charge in [-0.15, -0.1) is 0 Å². The fourth-order valence-electron chi connectivity index (χ4n) is 2.70. The molecule has 2 heterocycles. The van der Waals surface area contributed by atoms with E-state index in [1.54, 1.807) is 23.1 Å². The number of amides is 1. The van der Waals surface area contributed by atoms with Crippen molar-refractivity contribution in [2.24, 2.45) is 5.73 Å². The van der Waals surface area contributed by atoms with Crippen molar-refractivity contribution in [1.29, 1.82) is 0 Å². The van der Waals surface area contributed by atoms with Crippen molar-refractivity contribution in [3.63, 3.8) is 0 Å². The topological polar surface area (TPSA) is 92.1 Å². The van der Waals surface area contributed by atoms with E-state index in [0.29, 0.717) is 24.0 Å². The van der Waals surface area contributed by atoms with Crippen molar-refractivity contribution >= 4 is 16.8 Å². The molecular formula is C14H16N4O2. The van der Waals surface area contributed by atoms with Gasteiger partial charge in [0.25, 0.3) is 5.91 Å². The number of nitrogens with two attached hydrogens (primary N) is 1. The summed E-state index contributed by atoms with van der Waals surface area (Å²) in [5.41, 5.74) is 5.92. The normalized spacial score (nSPS) is 18.6. The molecule has 6 nitrogen and oxygen atoms in total. The highest BCUT2D eigenvalue weighted by Gasteiger charge is 2.30. The van der Waals surface area contributed by atoms with E-state index in [2.05, 4.69) is 10.2 Å². The number of H-pyrrole nitrogens is 1. The standard InChI is InChI=1S/C14H16N4O2/c15-8-9-4-3-7-18(9)14(20)12-13(19)10-5-1-2-6-11(10)16-17-12/h1-2,5-6,9H,3-4,7-8,15H2,(H,16,19). The molecule has 2 aromatic rings. The number of benzene rings is 1. The summed E-state index contributed by atoms with van der Waals surface area (Å²) in [6, 6.07) is 7.04. The van der Waals surface area contributed by atoms with Gasteiger partial charge in [0.2, 0.25) is 5.43 Å². The van der Waals surface area contributed by atoms with Crippen LogP contribution in [0.1, 0.15) is 23.3 Å². The molecule has 0 spiro atoms. The molecule has 0 aliphatic carbocycles. The third kappa shape index (κ3) is 1.98. The summed E-state index contributed by atoms with van der Waals surface area (Å²) >= 11 is 0. The predicted octanol–water partition coefficient (Wildman–Crippen LogP) is 0.486. The molecular weight excluding hydrogens is 256 g/mol. The average Bonchev–Trinajstić information content (AvgIpc) is 2.96. The van der Waals surface area contributed by atoms with Gasteiger partial charge in [-0.1, -0.05) is 12.1 Å². The molecule has 6 heteroatoms.